The van der Waals surface area contributed by atoms with E-state index in [0.29, 0.717) is 24.9 Å². The fraction of sp³-hybridized carbons (Fsp3) is 0.333. The molecule has 1 aromatic rings. The summed E-state index contributed by atoms with van der Waals surface area (Å²) in [4.78, 5) is 22.2. The molecule has 0 aromatic heterocycles. The molecule has 2 N–H and O–H groups in total. The summed E-state index contributed by atoms with van der Waals surface area (Å²) in [6, 6.07) is 5.55. The molecule has 98 valence electrons. The molecule has 0 aliphatic heterocycles. The monoisotopic (exact) mass is 425 g/mol. The van der Waals surface area contributed by atoms with Crippen molar-refractivity contribution >= 4 is 50.4 Å². The minimum absolute atomic E-state index is 0.142. The smallest absolute Gasteiger partial charge is 0.303 e. The zero-order chi connectivity index (χ0) is 13.5. The van der Waals surface area contributed by atoms with Crippen molar-refractivity contribution in [1.82, 2.24) is 5.32 Å². The van der Waals surface area contributed by atoms with Gasteiger partial charge in [-0.25, -0.2) is 0 Å². The van der Waals surface area contributed by atoms with Crippen LogP contribution in [-0.4, -0.2) is 23.5 Å². The number of unbranched alkanes of at least 4 members (excludes halogenated alkanes) is 1. The molecule has 4 nitrogen and oxygen atoms in total. The molecule has 0 unspecified atom stereocenters. The Labute approximate surface area is 127 Å². The van der Waals surface area contributed by atoms with E-state index in [1.807, 2.05) is 12.1 Å². The minimum atomic E-state index is -0.804. The van der Waals surface area contributed by atoms with Gasteiger partial charge in [0, 0.05) is 21.0 Å². The van der Waals surface area contributed by atoms with Crippen LogP contribution in [0.25, 0.3) is 0 Å². The summed E-state index contributed by atoms with van der Waals surface area (Å²) in [6.45, 7) is 0.490. The Balaban J connectivity index is 2.41. The predicted octanol–water partition coefficient (Wildman–Crippen LogP) is 3.04. The number of halogens is 2. The Morgan fingerprint density at radius 2 is 2.06 bits per heavy atom. The molecule has 0 atom stereocenters. The zero-order valence-electron chi connectivity index (χ0n) is 9.58. The predicted molar refractivity (Wildman–Crippen MR) is 80.7 cm³/mol. The molecular weight excluding hydrogens is 413 g/mol. The molecule has 0 fully saturated rings. The van der Waals surface area contributed by atoms with Crippen molar-refractivity contribution in [1.29, 1.82) is 0 Å². The van der Waals surface area contributed by atoms with E-state index in [4.69, 9.17) is 5.11 Å². The van der Waals surface area contributed by atoms with E-state index in [2.05, 4.69) is 43.8 Å². The van der Waals surface area contributed by atoms with Crippen molar-refractivity contribution in [3.05, 3.63) is 31.8 Å². The fourth-order valence-electron chi connectivity index (χ4n) is 1.37. The average Bonchev–Trinajstić information content (AvgIpc) is 2.31. The first-order valence-electron chi connectivity index (χ1n) is 5.45. The third-order valence-corrected chi connectivity index (χ3v) is 3.64. The van der Waals surface area contributed by atoms with E-state index >= 15 is 0 Å². The molecule has 0 bridgehead atoms. The molecule has 0 spiro atoms. The van der Waals surface area contributed by atoms with Gasteiger partial charge in [0.05, 0.1) is 5.56 Å². The first-order valence-corrected chi connectivity index (χ1v) is 7.33. The van der Waals surface area contributed by atoms with Crippen LogP contribution in [-0.2, 0) is 4.79 Å². The number of hydrogen-bond acceptors (Lipinski definition) is 2. The molecule has 1 aromatic carbocycles. The summed E-state index contributed by atoms with van der Waals surface area (Å²) < 4.78 is 1.75. The normalized spacial score (nSPS) is 10.1. The van der Waals surface area contributed by atoms with Gasteiger partial charge in [-0.15, -0.1) is 0 Å². The van der Waals surface area contributed by atoms with Crippen molar-refractivity contribution in [3.63, 3.8) is 0 Å². The van der Waals surface area contributed by atoms with E-state index in [0.717, 1.165) is 8.04 Å². The molecule has 0 aliphatic carbocycles. The molecule has 6 heteroatoms. The Bertz CT molecular complexity index is 451. The number of carboxylic acids is 1. The summed E-state index contributed by atoms with van der Waals surface area (Å²) in [7, 11) is 0. The van der Waals surface area contributed by atoms with E-state index in [9.17, 15) is 9.59 Å². The van der Waals surface area contributed by atoms with Crippen LogP contribution in [0, 0.1) is 3.57 Å². The third-order valence-electron chi connectivity index (χ3n) is 2.28. The molecule has 18 heavy (non-hydrogen) atoms. The van der Waals surface area contributed by atoms with Crippen molar-refractivity contribution < 1.29 is 14.7 Å². The highest BCUT2D eigenvalue weighted by molar-refractivity contribution is 14.1. The molecule has 1 rings (SSSR count). The van der Waals surface area contributed by atoms with Crippen LogP contribution in [0.1, 0.15) is 29.6 Å². The number of carboxylic acid groups (broad SMARTS) is 1. The summed E-state index contributed by atoms with van der Waals surface area (Å²) in [6.07, 6.45) is 1.38. The molecule has 0 saturated heterocycles. The lowest BCUT2D eigenvalue weighted by molar-refractivity contribution is -0.137. The molecule has 0 radical (unpaired) electrons. The minimum Gasteiger partial charge on any atom is -0.481 e. The topological polar surface area (TPSA) is 66.4 Å². The largest absolute Gasteiger partial charge is 0.481 e. The van der Waals surface area contributed by atoms with Crippen molar-refractivity contribution in [2.24, 2.45) is 0 Å². The number of amides is 1. The second kappa shape index (κ2) is 7.73. The summed E-state index contributed by atoms with van der Waals surface area (Å²) in [5.41, 5.74) is 0.597. The fourth-order valence-corrected chi connectivity index (χ4v) is 2.29. The van der Waals surface area contributed by atoms with Crippen LogP contribution in [0.4, 0.5) is 0 Å². The summed E-state index contributed by atoms with van der Waals surface area (Å²) in [5.74, 6) is -0.947. The molecule has 0 saturated carbocycles. The lowest BCUT2D eigenvalue weighted by Crippen LogP contribution is -2.25. The number of carbonyl (C=O) groups excluding carboxylic acids is 1. The van der Waals surface area contributed by atoms with Gasteiger partial charge in [0.15, 0.2) is 0 Å². The van der Waals surface area contributed by atoms with Crippen LogP contribution < -0.4 is 5.32 Å². The molecule has 0 heterocycles. The van der Waals surface area contributed by atoms with Crippen LogP contribution in [0.2, 0.25) is 0 Å². The van der Waals surface area contributed by atoms with E-state index < -0.39 is 5.97 Å². The standard InChI is InChI=1S/C12H13BrINO3/c13-10-5-4-8(14)7-9(10)12(18)15-6-2-1-3-11(16)17/h4-5,7H,1-3,6H2,(H,15,18)(H,16,17). The van der Waals surface area contributed by atoms with Gasteiger partial charge in [-0.1, -0.05) is 0 Å². The Morgan fingerprint density at radius 1 is 1.33 bits per heavy atom. The Kier molecular flexibility index (Phi) is 6.62. The van der Waals surface area contributed by atoms with Crippen molar-refractivity contribution in [3.8, 4) is 0 Å². The molecular formula is C12H13BrINO3. The van der Waals surface area contributed by atoms with E-state index in [1.165, 1.54) is 0 Å². The lowest BCUT2D eigenvalue weighted by Gasteiger charge is -2.07. The van der Waals surface area contributed by atoms with E-state index in [1.54, 1.807) is 6.07 Å². The summed E-state index contributed by atoms with van der Waals surface area (Å²) in [5, 5.41) is 11.2. The second-order valence-corrected chi connectivity index (χ2v) is 5.83. The van der Waals surface area contributed by atoms with Crippen molar-refractivity contribution in [2.75, 3.05) is 6.54 Å². The maximum absolute atomic E-state index is 11.9. The maximum atomic E-state index is 11.9. The first kappa shape index (κ1) is 15.4. The lowest BCUT2D eigenvalue weighted by atomic mass is 10.2. The number of rotatable bonds is 6. The van der Waals surface area contributed by atoms with Crippen molar-refractivity contribution in [2.45, 2.75) is 19.3 Å². The Morgan fingerprint density at radius 3 is 2.72 bits per heavy atom. The third kappa shape index (κ3) is 5.34. The van der Waals surface area contributed by atoms with Gasteiger partial charge in [0.1, 0.15) is 0 Å². The Hall–Kier alpha value is -0.630. The van der Waals surface area contributed by atoms with Gasteiger partial charge < -0.3 is 10.4 Å². The zero-order valence-corrected chi connectivity index (χ0v) is 13.3. The first-order chi connectivity index (χ1) is 8.50. The highest BCUT2D eigenvalue weighted by Gasteiger charge is 2.09. The molecule has 0 aliphatic rings. The number of benzene rings is 1. The van der Waals surface area contributed by atoms with Gasteiger partial charge >= 0.3 is 5.97 Å². The SMILES string of the molecule is O=C(O)CCCCNC(=O)c1cc(I)ccc1Br. The highest BCUT2D eigenvalue weighted by Crippen LogP contribution is 2.19. The number of carbonyl (C=O) groups is 2. The van der Waals surface area contributed by atoms with Crippen LogP contribution in [0.5, 0.6) is 0 Å². The van der Waals surface area contributed by atoms with E-state index in [-0.39, 0.29) is 12.3 Å². The average molecular weight is 426 g/mol. The van der Waals surface area contributed by atoms with Crippen LogP contribution >= 0.6 is 38.5 Å². The quantitative estimate of drug-likeness (QED) is 0.543. The number of aliphatic carboxylic acids is 1. The van der Waals surface area contributed by atoms with Gasteiger partial charge in [-0.05, 0) is 69.6 Å². The second-order valence-electron chi connectivity index (χ2n) is 3.73. The van der Waals surface area contributed by atoms with Gasteiger partial charge in [0.2, 0.25) is 0 Å². The van der Waals surface area contributed by atoms with Gasteiger partial charge in [-0.3, -0.25) is 9.59 Å². The maximum Gasteiger partial charge on any atom is 0.303 e. The number of hydrogen-bond donors (Lipinski definition) is 2. The molecule has 1 amide bonds. The van der Waals surface area contributed by atoms with Gasteiger partial charge in [0.25, 0.3) is 5.91 Å². The van der Waals surface area contributed by atoms with Gasteiger partial charge in [-0.2, -0.15) is 0 Å². The highest BCUT2D eigenvalue weighted by atomic mass is 127. The summed E-state index contributed by atoms with van der Waals surface area (Å²) >= 11 is 5.48. The number of nitrogens with one attached hydrogen (secondary N) is 1. The van der Waals surface area contributed by atoms with Crippen LogP contribution in [0.15, 0.2) is 22.7 Å². The van der Waals surface area contributed by atoms with Crippen LogP contribution in [0.3, 0.4) is 0 Å².